The number of anilines is 6. The van der Waals surface area contributed by atoms with Crippen LogP contribution >= 0.6 is 0 Å². The molecular weight excluding hydrogens is 901 g/mol. The largest absolute Gasteiger partial charge is 0.279 e. The second-order valence-corrected chi connectivity index (χ2v) is 20.4. The Bertz CT molecular complexity index is 3750. The number of nitrogens with zero attached hydrogens (tertiary/aromatic N) is 6. The quantitative estimate of drug-likeness (QED) is 0.127. The molecule has 2 aliphatic rings. The molecule has 0 bridgehead atoms. The predicted octanol–water partition coefficient (Wildman–Crippen LogP) is 17.5. The van der Waals surface area contributed by atoms with Gasteiger partial charge in [0, 0.05) is 57.8 Å². The Labute approximate surface area is 432 Å². The molecule has 6 nitrogen and oxygen atoms in total. The standard InChI is InChI=1S/C68H52N6/c1-67(2)59-41-47(27-31-55(59)57-33-29-51(43-61(57)67)73(63-17-9-11-37-69-63)65-53-15-7-5-13-49(53)35-39-71-65)25-23-45-19-21-46(22-20-45)24-26-48-28-32-56-58-34-30-52(44-62(58)68(3,4)60(56)42-48)74(64-18-10-12-38-70-64)66-54-16-8-6-14-50(54)36-40-72-66/h5-44H,1-4H3. The molecule has 0 fully saturated rings. The van der Waals surface area contributed by atoms with Crippen LogP contribution in [0, 0.1) is 0 Å². The fourth-order valence-corrected chi connectivity index (χ4v) is 11.3. The maximum atomic E-state index is 4.93. The maximum Gasteiger partial charge on any atom is 0.146 e. The molecule has 0 radical (unpaired) electrons. The summed E-state index contributed by atoms with van der Waals surface area (Å²) in [6, 6.07) is 69.2. The maximum absolute atomic E-state index is 4.93. The molecule has 0 saturated carbocycles. The van der Waals surface area contributed by atoms with E-state index in [-0.39, 0.29) is 10.8 Å². The Morgan fingerprint density at radius 3 is 1.11 bits per heavy atom. The number of rotatable bonds is 10. The van der Waals surface area contributed by atoms with Crippen molar-refractivity contribution in [2.45, 2.75) is 38.5 Å². The van der Waals surface area contributed by atoms with Crippen molar-refractivity contribution in [1.29, 1.82) is 0 Å². The highest BCUT2D eigenvalue weighted by molar-refractivity contribution is 5.98. The van der Waals surface area contributed by atoms with Gasteiger partial charge in [-0.05, 0) is 138 Å². The van der Waals surface area contributed by atoms with Crippen molar-refractivity contribution in [3.05, 3.63) is 263 Å². The zero-order valence-electron chi connectivity index (χ0n) is 41.8. The van der Waals surface area contributed by atoms with Crippen LogP contribution in [0.5, 0.6) is 0 Å². The van der Waals surface area contributed by atoms with Crippen molar-refractivity contribution < 1.29 is 0 Å². The Morgan fingerprint density at radius 2 is 0.689 bits per heavy atom. The van der Waals surface area contributed by atoms with Gasteiger partial charge in [-0.15, -0.1) is 0 Å². The molecule has 74 heavy (non-hydrogen) atoms. The lowest BCUT2D eigenvalue weighted by Gasteiger charge is -2.27. The highest BCUT2D eigenvalue weighted by atomic mass is 15.2. The summed E-state index contributed by atoms with van der Waals surface area (Å²) in [6.07, 6.45) is 16.3. The molecule has 6 heteroatoms. The predicted molar refractivity (Wildman–Crippen MR) is 308 cm³/mol. The van der Waals surface area contributed by atoms with Crippen molar-refractivity contribution in [2.75, 3.05) is 9.80 Å². The number of hydrogen-bond acceptors (Lipinski definition) is 6. The first-order chi connectivity index (χ1) is 36.2. The molecule has 354 valence electrons. The van der Waals surface area contributed by atoms with E-state index in [1.54, 1.807) is 0 Å². The highest BCUT2D eigenvalue weighted by Gasteiger charge is 2.38. The van der Waals surface area contributed by atoms with Gasteiger partial charge in [-0.1, -0.05) is 185 Å². The molecule has 13 rings (SSSR count). The van der Waals surface area contributed by atoms with Gasteiger partial charge in [0.05, 0.1) is 0 Å². The van der Waals surface area contributed by atoms with Gasteiger partial charge in [0.25, 0.3) is 0 Å². The molecule has 4 heterocycles. The third-order valence-corrected chi connectivity index (χ3v) is 15.2. The summed E-state index contributed by atoms with van der Waals surface area (Å²) in [4.78, 5) is 23.8. The van der Waals surface area contributed by atoms with Crippen LogP contribution in [0.1, 0.15) is 72.2 Å². The van der Waals surface area contributed by atoms with Crippen LogP contribution in [0.3, 0.4) is 0 Å². The van der Waals surface area contributed by atoms with E-state index in [0.29, 0.717) is 0 Å². The second-order valence-electron chi connectivity index (χ2n) is 20.4. The van der Waals surface area contributed by atoms with E-state index in [1.165, 1.54) is 55.6 Å². The average Bonchev–Trinajstić information content (AvgIpc) is 3.81. The van der Waals surface area contributed by atoms with Crippen LogP contribution in [0.15, 0.2) is 219 Å². The zero-order valence-corrected chi connectivity index (χ0v) is 41.8. The monoisotopic (exact) mass is 952 g/mol. The van der Waals surface area contributed by atoms with E-state index < -0.39 is 0 Å². The zero-order chi connectivity index (χ0) is 50.0. The summed E-state index contributed by atoms with van der Waals surface area (Å²) in [7, 11) is 0. The van der Waals surface area contributed by atoms with Crippen molar-refractivity contribution in [1.82, 2.24) is 19.9 Å². The summed E-state index contributed by atoms with van der Waals surface area (Å²) in [5.74, 6) is 3.37. The van der Waals surface area contributed by atoms with Crippen molar-refractivity contribution >= 4 is 80.5 Å². The molecule has 2 aliphatic carbocycles. The van der Waals surface area contributed by atoms with E-state index in [9.17, 15) is 0 Å². The highest BCUT2D eigenvalue weighted by Crippen LogP contribution is 2.53. The lowest BCUT2D eigenvalue weighted by molar-refractivity contribution is 0.660. The Kier molecular flexibility index (Phi) is 10.7. The van der Waals surface area contributed by atoms with Crippen LogP contribution < -0.4 is 9.80 Å². The van der Waals surface area contributed by atoms with Crippen molar-refractivity contribution in [3.8, 4) is 22.3 Å². The van der Waals surface area contributed by atoms with Gasteiger partial charge in [0.15, 0.2) is 0 Å². The molecule has 0 aliphatic heterocycles. The smallest absolute Gasteiger partial charge is 0.146 e. The van der Waals surface area contributed by atoms with Crippen LogP contribution in [0.4, 0.5) is 34.6 Å². The Balaban J connectivity index is 0.727. The summed E-state index contributed by atoms with van der Waals surface area (Å²) in [5, 5.41) is 4.43. The molecule has 0 spiro atoms. The first-order valence-corrected chi connectivity index (χ1v) is 25.3. The molecule has 0 unspecified atom stereocenters. The summed E-state index contributed by atoms with van der Waals surface area (Å²) < 4.78 is 0. The minimum Gasteiger partial charge on any atom is -0.279 e. The Hall–Kier alpha value is -9.26. The Morgan fingerprint density at radius 1 is 0.324 bits per heavy atom. The van der Waals surface area contributed by atoms with Gasteiger partial charge in [0.1, 0.15) is 23.3 Å². The lowest BCUT2D eigenvalue weighted by atomic mass is 9.81. The average molecular weight is 953 g/mol. The number of benzene rings is 7. The van der Waals surface area contributed by atoms with Crippen molar-refractivity contribution in [2.24, 2.45) is 0 Å². The van der Waals surface area contributed by atoms with E-state index in [4.69, 9.17) is 19.9 Å². The van der Waals surface area contributed by atoms with Crippen LogP contribution in [-0.4, -0.2) is 19.9 Å². The molecular formula is C68H52N6. The summed E-state index contributed by atoms with van der Waals surface area (Å²) in [5.41, 5.74) is 16.6. The first-order valence-electron chi connectivity index (χ1n) is 25.3. The number of aromatic nitrogens is 4. The second kappa shape index (κ2) is 17.8. The van der Waals surface area contributed by atoms with E-state index in [2.05, 4.69) is 220 Å². The topological polar surface area (TPSA) is 58.0 Å². The lowest BCUT2D eigenvalue weighted by Crippen LogP contribution is -2.17. The van der Waals surface area contributed by atoms with Gasteiger partial charge in [-0.25, -0.2) is 19.9 Å². The number of pyridine rings is 4. The van der Waals surface area contributed by atoms with Crippen LogP contribution in [-0.2, 0) is 10.8 Å². The summed E-state index contributed by atoms with van der Waals surface area (Å²) in [6.45, 7) is 9.35. The van der Waals surface area contributed by atoms with Gasteiger partial charge < -0.3 is 0 Å². The third kappa shape index (κ3) is 7.66. The van der Waals surface area contributed by atoms with E-state index in [1.807, 2.05) is 61.2 Å². The van der Waals surface area contributed by atoms with Gasteiger partial charge in [-0.2, -0.15) is 0 Å². The third-order valence-electron chi connectivity index (χ3n) is 15.2. The van der Waals surface area contributed by atoms with Crippen molar-refractivity contribution in [3.63, 3.8) is 0 Å². The van der Waals surface area contributed by atoms with Gasteiger partial charge in [0.2, 0.25) is 0 Å². The van der Waals surface area contributed by atoms with Crippen LogP contribution in [0.25, 0.3) is 68.1 Å². The van der Waals surface area contributed by atoms with Gasteiger partial charge in [-0.3, -0.25) is 9.80 Å². The SMILES string of the molecule is CC1(C)c2cc(C=Cc3ccc(C=Cc4ccc5c(c4)C(C)(C)c4cc(N(c6ccccn6)c6nccc7ccccc67)ccc4-5)cc3)ccc2-c2ccc(N(c3ccccn3)c3nccc4ccccc34)cc21. The molecule has 0 amide bonds. The summed E-state index contributed by atoms with van der Waals surface area (Å²) >= 11 is 0. The fourth-order valence-electron chi connectivity index (χ4n) is 11.3. The van der Waals surface area contributed by atoms with Gasteiger partial charge >= 0.3 is 0 Å². The van der Waals surface area contributed by atoms with E-state index >= 15 is 0 Å². The van der Waals surface area contributed by atoms with E-state index in [0.717, 1.165) is 67.3 Å². The van der Waals surface area contributed by atoms with Crippen LogP contribution in [0.2, 0.25) is 0 Å². The molecule has 11 aromatic rings. The molecule has 4 aromatic heterocycles. The minimum absolute atomic E-state index is 0.221. The minimum atomic E-state index is -0.221. The number of fused-ring (bicyclic) bond motifs is 8. The molecule has 0 atom stereocenters. The molecule has 7 aromatic carbocycles. The number of hydrogen-bond donors (Lipinski definition) is 0. The normalized spacial score (nSPS) is 13.8. The molecule has 0 saturated heterocycles. The molecule has 0 N–H and O–H groups in total. The fraction of sp³-hybridized carbons (Fsp3) is 0.0882. The first kappa shape index (κ1) is 44.7.